The molecule has 1 atom stereocenters. The van der Waals surface area contributed by atoms with Crippen LogP contribution in [0.15, 0.2) is 12.1 Å². The van der Waals surface area contributed by atoms with Crippen LogP contribution >= 0.6 is 0 Å². The molecule has 0 fully saturated rings. The van der Waals surface area contributed by atoms with E-state index in [1.165, 1.54) is 0 Å². The molecular weight excluding hydrogens is 244 g/mol. The average Bonchev–Trinajstić information content (AvgIpc) is 2.43. The van der Waals surface area contributed by atoms with Gasteiger partial charge in [0, 0.05) is 25.6 Å². The van der Waals surface area contributed by atoms with Gasteiger partial charge in [-0.3, -0.25) is 4.79 Å². The van der Waals surface area contributed by atoms with Crippen LogP contribution < -0.4 is 20.1 Å². The van der Waals surface area contributed by atoms with Crippen molar-refractivity contribution in [2.24, 2.45) is 11.7 Å². The number of methoxy groups -OCH3 is 2. The van der Waals surface area contributed by atoms with E-state index >= 15 is 0 Å². The normalized spacial score (nSPS) is 11.9. The van der Waals surface area contributed by atoms with Crippen molar-refractivity contribution in [3.63, 3.8) is 0 Å². The molecule has 19 heavy (non-hydrogen) atoms. The maximum Gasteiger partial charge on any atom is 0.230 e. The molecule has 5 heteroatoms. The Morgan fingerprint density at radius 1 is 1.37 bits per heavy atom. The molecule has 5 nitrogen and oxygen atoms in total. The first-order valence-electron chi connectivity index (χ1n) is 6.16. The van der Waals surface area contributed by atoms with E-state index in [9.17, 15) is 4.79 Å². The first-order chi connectivity index (χ1) is 8.96. The van der Waals surface area contributed by atoms with Crippen LogP contribution in [-0.2, 0) is 4.79 Å². The van der Waals surface area contributed by atoms with E-state index in [1.54, 1.807) is 32.2 Å². The number of nitrogens with two attached hydrogens (primary N) is 1. The summed E-state index contributed by atoms with van der Waals surface area (Å²) < 4.78 is 10.5. The number of hydrogen-bond donors (Lipinski definition) is 1. The molecule has 0 aromatic heterocycles. The Hall–Kier alpha value is -1.75. The Balaban J connectivity index is 3.22. The van der Waals surface area contributed by atoms with Crippen LogP contribution in [0.3, 0.4) is 0 Å². The van der Waals surface area contributed by atoms with E-state index in [0.717, 1.165) is 11.3 Å². The highest BCUT2D eigenvalue weighted by Gasteiger charge is 2.22. The van der Waals surface area contributed by atoms with Gasteiger partial charge in [-0.15, -0.1) is 0 Å². The van der Waals surface area contributed by atoms with E-state index in [2.05, 4.69) is 0 Å². The summed E-state index contributed by atoms with van der Waals surface area (Å²) in [7, 11) is 4.90. The van der Waals surface area contributed by atoms with Crippen molar-refractivity contribution in [3.8, 4) is 11.5 Å². The Morgan fingerprint density at radius 3 is 2.47 bits per heavy atom. The summed E-state index contributed by atoms with van der Waals surface area (Å²) in [5.74, 6) is 1.05. The van der Waals surface area contributed by atoms with Crippen LogP contribution in [0.4, 0.5) is 5.69 Å². The number of hydrogen-bond acceptors (Lipinski definition) is 4. The lowest BCUT2D eigenvalue weighted by atomic mass is 10.1. The number of amides is 1. The van der Waals surface area contributed by atoms with Gasteiger partial charge in [-0.25, -0.2) is 0 Å². The SMILES string of the molecule is COc1cc(C)c(N(C)C(=O)C(C)CN)c(OC)c1. The largest absolute Gasteiger partial charge is 0.497 e. The van der Waals surface area contributed by atoms with Crippen molar-refractivity contribution in [1.29, 1.82) is 0 Å². The second kappa shape index (κ2) is 6.43. The molecule has 0 aliphatic heterocycles. The molecule has 0 heterocycles. The monoisotopic (exact) mass is 266 g/mol. The van der Waals surface area contributed by atoms with Gasteiger partial charge in [0.05, 0.1) is 19.9 Å². The third-order valence-corrected chi connectivity index (χ3v) is 3.14. The zero-order valence-corrected chi connectivity index (χ0v) is 12.2. The van der Waals surface area contributed by atoms with Gasteiger partial charge in [0.15, 0.2) is 0 Å². The molecule has 0 spiro atoms. The number of carbonyl (C=O) groups excluding carboxylic acids is 1. The van der Waals surface area contributed by atoms with Crippen LogP contribution in [0.5, 0.6) is 11.5 Å². The van der Waals surface area contributed by atoms with Crippen LogP contribution in [-0.4, -0.2) is 33.7 Å². The van der Waals surface area contributed by atoms with Crippen molar-refractivity contribution in [2.75, 3.05) is 32.7 Å². The number of nitrogens with zero attached hydrogens (tertiary/aromatic N) is 1. The molecule has 1 unspecified atom stereocenters. The molecule has 0 aliphatic rings. The zero-order chi connectivity index (χ0) is 14.6. The van der Waals surface area contributed by atoms with Crippen LogP contribution in [0.2, 0.25) is 0 Å². The maximum atomic E-state index is 12.2. The molecular formula is C14H22N2O3. The lowest BCUT2D eigenvalue weighted by Crippen LogP contribution is -2.35. The molecule has 106 valence electrons. The van der Waals surface area contributed by atoms with Crippen molar-refractivity contribution < 1.29 is 14.3 Å². The molecule has 0 radical (unpaired) electrons. The lowest BCUT2D eigenvalue weighted by molar-refractivity contribution is -0.121. The third-order valence-electron chi connectivity index (χ3n) is 3.14. The summed E-state index contributed by atoms with van der Waals surface area (Å²) in [6, 6.07) is 3.63. The zero-order valence-electron chi connectivity index (χ0n) is 12.2. The van der Waals surface area contributed by atoms with Gasteiger partial charge in [-0.2, -0.15) is 0 Å². The summed E-state index contributed by atoms with van der Waals surface area (Å²) in [4.78, 5) is 13.8. The number of rotatable bonds is 5. The number of anilines is 1. The maximum absolute atomic E-state index is 12.2. The first-order valence-corrected chi connectivity index (χ1v) is 6.16. The third kappa shape index (κ3) is 3.17. The minimum Gasteiger partial charge on any atom is -0.497 e. The van der Waals surface area contributed by atoms with Crippen molar-refractivity contribution in [2.45, 2.75) is 13.8 Å². The second-order valence-corrected chi connectivity index (χ2v) is 4.53. The van der Waals surface area contributed by atoms with Gasteiger partial charge in [0.25, 0.3) is 0 Å². The Bertz CT molecular complexity index is 460. The number of ether oxygens (including phenoxy) is 2. The molecule has 0 bridgehead atoms. The minimum atomic E-state index is -0.226. The first kappa shape index (κ1) is 15.3. The van der Waals surface area contributed by atoms with Gasteiger partial charge in [0.2, 0.25) is 5.91 Å². The fourth-order valence-electron chi connectivity index (χ4n) is 1.96. The van der Waals surface area contributed by atoms with E-state index in [4.69, 9.17) is 15.2 Å². The molecule has 1 aromatic rings. The average molecular weight is 266 g/mol. The van der Waals surface area contributed by atoms with Crippen molar-refractivity contribution >= 4 is 11.6 Å². The minimum absolute atomic E-state index is 0.0333. The summed E-state index contributed by atoms with van der Waals surface area (Å²) in [5, 5.41) is 0. The highest BCUT2D eigenvalue weighted by Crippen LogP contribution is 2.35. The lowest BCUT2D eigenvalue weighted by Gasteiger charge is -2.25. The van der Waals surface area contributed by atoms with Gasteiger partial charge in [0.1, 0.15) is 11.5 Å². The van der Waals surface area contributed by atoms with Gasteiger partial charge < -0.3 is 20.1 Å². The fourth-order valence-corrected chi connectivity index (χ4v) is 1.96. The Labute approximate surface area is 114 Å². The summed E-state index contributed by atoms with van der Waals surface area (Å²) in [6.07, 6.45) is 0. The Morgan fingerprint density at radius 2 is 2.00 bits per heavy atom. The van der Waals surface area contributed by atoms with Gasteiger partial charge in [-0.1, -0.05) is 6.92 Å². The number of benzene rings is 1. The van der Waals surface area contributed by atoms with Crippen LogP contribution in [0.1, 0.15) is 12.5 Å². The Kier molecular flexibility index (Phi) is 5.18. The van der Waals surface area contributed by atoms with Crippen LogP contribution in [0, 0.1) is 12.8 Å². The van der Waals surface area contributed by atoms with E-state index < -0.39 is 0 Å². The molecule has 1 amide bonds. The quantitative estimate of drug-likeness (QED) is 0.878. The molecule has 0 saturated heterocycles. The summed E-state index contributed by atoms with van der Waals surface area (Å²) in [6.45, 7) is 4.04. The number of carbonyl (C=O) groups is 1. The van der Waals surface area contributed by atoms with E-state index in [0.29, 0.717) is 18.0 Å². The second-order valence-electron chi connectivity index (χ2n) is 4.53. The predicted octanol–water partition coefficient (Wildman–Crippen LogP) is 1.57. The van der Waals surface area contributed by atoms with Gasteiger partial charge >= 0.3 is 0 Å². The van der Waals surface area contributed by atoms with Crippen LogP contribution in [0.25, 0.3) is 0 Å². The molecule has 1 rings (SSSR count). The fraction of sp³-hybridized carbons (Fsp3) is 0.500. The van der Waals surface area contributed by atoms with Crippen molar-refractivity contribution in [1.82, 2.24) is 0 Å². The topological polar surface area (TPSA) is 64.8 Å². The van der Waals surface area contributed by atoms with E-state index in [-0.39, 0.29) is 11.8 Å². The number of aryl methyl sites for hydroxylation is 1. The van der Waals surface area contributed by atoms with Crippen molar-refractivity contribution in [3.05, 3.63) is 17.7 Å². The standard InChI is InChI=1S/C14H22N2O3/c1-9-6-11(18-4)7-12(19-5)13(9)16(3)14(17)10(2)8-15/h6-7,10H,8,15H2,1-5H3. The molecule has 0 aliphatic carbocycles. The highest BCUT2D eigenvalue weighted by atomic mass is 16.5. The summed E-state index contributed by atoms with van der Waals surface area (Å²) in [5.41, 5.74) is 7.20. The molecule has 2 N–H and O–H groups in total. The highest BCUT2D eigenvalue weighted by molar-refractivity contribution is 5.96. The molecule has 0 saturated carbocycles. The summed E-state index contributed by atoms with van der Waals surface area (Å²) >= 11 is 0. The van der Waals surface area contributed by atoms with E-state index in [1.807, 2.05) is 19.9 Å². The molecule has 1 aromatic carbocycles. The predicted molar refractivity (Wildman–Crippen MR) is 75.9 cm³/mol. The smallest absolute Gasteiger partial charge is 0.230 e. The van der Waals surface area contributed by atoms with Gasteiger partial charge in [-0.05, 0) is 18.6 Å².